The van der Waals surface area contributed by atoms with Gasteiger partial charge in [-0.2, -0.15) is 0 Å². The van der Waals surface area contributed by atoms with Crippen LogP contribution < -0.4 is 10.1 Å². The molecule has 2 aromatic rings. The third kappa shape index (κ3) is 4.00. The number of aliphatic hydroxyl groups is 1. The Morgan fingerprint density at radius 3 is 2.58 bits per heavy atom. The van der Waals surface area contributed by atoms with E-state index >= 15 is 0 Å². The Labute approximate surface area is 183 Å². The summed E-state index contributed by atoms with van der Waals surface area (Å²) in [5.41, 5.74) is 3.98. The van der Waals surface area contributed by atoms with E-state index in [0.29, 0.717) is 12.3 Å². The maximum Gasteiger partial charge on any atom is 0.223 e. The largest absolute Gasteiger partial charge is 0.497 e. The molecule has 2 N–H and O–H groups in total. The lowest BCUT2D eigenvalue weighted by molar-refractivity contribution is -0.133. The standard InChI is InChI=1S/C26H28N2O3/c1-31-20-9-6-17(7-10-20)2-3-18-8-11-23-22(14-18)26-21(24(16-29)27-23)12-13-28(26)25(30)15-19-4-5-19/h6-11,14,19,21,24,26-27,29H,4-5,12-13,15-16H2,1H3/t21-,24+,26-/m1/s1. The molecule has 1 saturated carbocycles. The first-order valence-electron chi connectivity index (χ1n) is 11.1. The molecule has 0 unspecified atom stereocenters. The van der Waals surface area contributed by atoms with Crippen LogP contribution in [-0.4, -0.2) is 42.2 Å². The fourth-order valence-corrected chi connectivity index (χ4v) is 4.93. The predicted molar refractivity (Wildman–Crippen MR) is 120 cm³/mol. The van der Waals surface area contributed by atoms with Crippen molar-refractivity contribution in [3.63, 3.8) is 0 Å². The number of hydrogen-bond acceptors (Lipinski definition) is 4. The van der Waals surface area contributed by atoms with E-state index < -0.39 is 0 Å². The number of hydrogen-bond donors (Lipinski definition) is 2. The van der Waals surface area contributed by atoms with E-state index in [9.17, 15) is 9.90 Å². The average Bonchev–Trinajstić information content (AvgIpc) is 3.50. The van der Waals surface area contributed by atoms with Crippen LogP contribution in [0, 0.1) is 23.7 Å². The van der Waals surface area contributed by atoms with Crippen molar-refractivity contribution in [3.8, 4) is 17.6 Å². The minimum absolute atomic E-state index is 0.0161. The van der Waals surface area contributed by atoms with Gasteiger partial charge in [0.05, 0.1) is 25.8 Å². The molecular weight excluding hydrogens is 388 g/mol. The molecule has 2 heterocycles. The van der Waals surface area contributed by atoms with Crippen molar-refractivity contribution in [2.45, 2.75) is 37.8 Å². The van der Waals surface area contributed by atoms with Gasteiger partial charge in [-0.05, 0) is 73.2 Å². The molecule has 1 saturated heterocycles. The number of aliphatic hydroxyl groups excluding tert-OH is 1. The minimum atomic E-state index is -0.0209. The Morgan fingerprint density at radius 1 is 1.13 bits per heavy atom. The molecule has 2 fully saturated rings. The molecule has 0 spiro atoms. The monoisotopic (exact) mass is 416 g/mol. The third-order valence-electron chi connectivity index (χ3n) is 6.79. The molecular formula is C26H28N2O3. The number of rotatable bonds is 4. The summed E-state index contributed by atoms with van der Waals surface area (Å²) in [4.78, 5) is 15.1. The number of amides is 1. The van der Waals surface area contributed by atoms with Crippen LogP contribution in [-0.2, 0) is 4.79 Å². The molecule has 5 rings (SSSR count). The lowest BCUT2D eigenvalue weighted by Gasteiger charge is -2.39. The molecule has 1 aliphatic carbocycles. The highest BCUT2D eigenvalue weighted by Crippen LogP contribution is 2.47. The normalized spacial score (nSPS) is 23.8. The second-order valence-electron chi connectivity index (χ2n) is 8.85. The Hall–Kier alpha value is -2.97. The number of benzene rings is 2. The number of methoxy groups -OCH3 is 1. The lowest BCUT2D eigenvalue weighted by atomic mass is 9.82. The fourth-order valence-electron chi connectivity index (χ4n) is 4.93. The van der Waals surface area contributed by atoms with Crippen molar-refractivity contribution in [1.82, 2.24) is 4.90 Å². The van der Waals surface area contributed by atoms with Gasteiger partial charge in [0.25, 0.3) is 0 Å². The van der Waals surface area contributed by atoms with Crippen LogP contribution in [0.15, 0.2) is 42.5 Å². The number of fused-ring (bicyclic) bond motifs is 3. The van der Waals surface area contributed by atoms with E-state index in [0.717, 1.165) is 41.1 Å². The van der Waals surface area contributed by atoms with Gasteiger partial charge >= 0.3 is 0 Å². The lowest BCUT2D eigenvalue weighted by Crippen LogP contribution is -2.43. The van der Waals surface area contributed by atoms with Crippen LogP contribution >= 0.6 is 0 Å². The van der Waals surface area contributed by atoms with Crippen LogP contribution in [0.1, 0.15) is 48.4 Å². The Morgan fingerprint density at radius 2 is 1.87 bits per heavy atom. The SMILES string of the molecule is COc1ccc(C#Cc2ccc3c(c2)[C@H]2[C@H](CCN2C(=O)CC2CC2)[C@H](CO)N3)cc1. The summed E-state index contributed by atoms with van der Waals surface area (Å²) in [5.74, 6) is 8.36. The second kappa shape index (κ2) is 8.28. The molecule has 2 aliphatic heterocycles. The van der Waals surface area contributed by atoms with Gasteiger partial charge in [0, 0.05) is 35.7 Å². The molecule has 5 nitrogen and oxygen atoms in total. The summed E-state index contributed by atoms with van der Waals surface area (Å²) in [7, 11) is 1.65. The highest BCUT2D eigenvalue weighted by atomic mass is 16.5. The van der Waals surface area contributed by atoms with Crippen molar-refractivity contribution in [3.05, 3.63) is 59.2 Å². The summed E-state index contributed by atoms with van der Waals surface area (Å²) < 4.78 is 5.20. The van der Waals surface area contributed by atoms with Crippen molar-refractivity contribution >= 4 is 11.6 Å². The summed E-state index contributed by atoms with van der Waals surface area (Å²) in [6.45, 7) is 0.838. The summed E-state index contributed by atoms with van der Waals surface area (Å²) >= 11 is 0. The summed E-state index contributed by atoms with van der Waals surface area (Å²) in [6, 6.07) is 13.9. The molecule has 0 radical (unpaired) electrons. The number of anilines is 1. The van der Waals surface area contributed by atoms with E-state index in [-0.39, 0.29) is 30.5 Å². The topological polar surface area (TPSA) is 61.8 Å². The Kier molecular flexibility index (Phi) is 5.33. The van der Waals surface area contributed by atoms with E-state index in [1.54, 1.807) is 7.11 Å². The van der Waals surface area contributed by atoms with Crippen LogP contribution in [0.5, 0.6) is 5.75 Å². The van der Waals surface area contributed by atoms with Crippen molar-refractivity contribution in [2.75, 3.05) is 25.6 Å². The first kappa shape index (κ1) is 20.0. The van der Waals surface area contributed by atoms with Gasteiger partial charge in [-0.1, -0.05) is 11.8 Å². The molecule has 3 atom stereocenters. The fraction of sp³-hybridized carbons (Fsp3) is 0.423. The number of carbonyl (C=O) groups is 1. The molecule has 5 heteroatoms. The number of nitrogens with one attached hydrogen (secondary N) is 1. The summed E-state index contributed by atoms with van der Waals surface area (Å²) in [6.07, 6.45) is 3.93. The predicted octanol–water partition coefficient (Wildman–Crippen LogP) is 3.57. The number of ether oxygens (including phenoxy) is 1. The zero-order valence-electron chi connectivity index (χ0n) is 17.8. The van der Waals surface area contributed by atoms with E-state index in [1.165, 1.54) is 12.8 Å². The maximum absolute atomic E-state index is 13.0. The van der Waals surface area contributed by atoms with Crippen LogP contribution in [0.2, 0.25) is 0 Å². The average molecular weight is 417 g/mol. The Bertz CT molecular complexity index is 1030. The Balaban J connectivity index is 1.45. The van der Waals surface area contributed by atoms with Crippen molar-refractivity contribution in [1.29, 1.82) is 0 Å². The maximum atomic E-state index is 13.0. The molecule has 160 valence electrons. The first-order chi connectivity index (χ1) is 15.2. The van der Waals surface area contributed by atoms with Gasteiger partial charge in [-0.3, -0.25) is 4.79 Å². The zero-order valence-corrected chi connectivity index (χ0v) is 17.8. The molecule has 31 heavy (non-hydrogen) atoms. The number of carbonyl (C=O) groups excluding carboxylic acids is 1. The third-order valence-corrected chi connectivity index (χ3v) is 6.79. The quantitative estimate of drug-likeness (QED) is 0.748. The van der Waals surface area contributed by atoms with Crippen LogP contribution in [0.25, 0.3) is 0 Å². The molecule has 1 amide bonds. The van der Waals surface area contributed by atoms with Crippen LogP contribution in [0.3, 0.4) is 0 Å². The van der Waals surface area contributed by atoms with E-state index in [4.69, 9.17) is 4.74 Å². The van der Waals surface area contributed by atoms with Gasteiger partial charge < -0.3 is 20.1 Å². The second-order valence-corrected chi connectivity index (χ2v) is 8.85. The highest BCUT2D eigenvalue weighted by molar-refractivity contribution is 5.78. The minimum Gasteiger partial charge on any atom is -0.497 e. The number of likely N-dealkylation sites (tertiary alicyclic amines) is 1. The van der Waals surface area contributed by atoms with Gasteiger partial charge in [0.2, 0.25) is 5.91 Å². The summed E-state index contributed by atoms with van der Waals surface area (Å²) in [5, 5.41) is 13.4. The van der Waals surface area contributed by atoms with Gasteiger partial charge in [-0.15, -0.1) is 0 Å². The van der Waals surface area contributed by atoms with Gasteiger partial charge in [-0.25, -0.2) is 0 Å². The molecule has 2 aromatic carbocycles. The molecule has 3 aliphatic rings. The van der Waals surface area contributed by atoms with Crippen LogP contribution in [0.4, 0.5) is 5.69 Å². The smallest absolute Gasteiger partial charge is 0.223 e. The van der Waals surface area contributed by atoms with Gasteiger partial charge in [0.1, 0.15) is 5.75 Å². The number of nitrogens with zero attached hydrogens (tertiary/aromatic N) is 1. The molecule has 0 aromatic heterocycles. The van der Waals surface area contributed by atoms with Crippen molar-refractivity contribution in [2.24, 2.45) is 11.8 Å². The first-order valence-corrected chi connectivity index (χ1v) is 11.1. The van der Waals surface area contributed by atoms with Crippen molar-refractivity contribution < 1.29 is 14.6 Å². The van der Waals surface area contributed by atoms with E-state index in [1.807, 2.05) is 36.4 Å². The van der Waals surface area contributed by atoms with Gasteiger partial charge in [0.15, 0.2) is 0 Å². The van der Waals surface area contributed by atoms with E-state index in [2.05, 4.69) is 28.1 Å². The zero-order chi connectivity index (χ0) is 21.4. The highest BCUT2D eigenvalue weighted by Gasteiger charge is 2.46. The molecule has 0 bridgehead atoms.